The van der Waals surface area contributed by atoms with Crippen molar-refractivity contribution < 1.29 is 29.2 Å². The highest BCUT2D eigenvalue weighted by Crippen LogP contribution is 2.33. The largest absolute Gasteiger partial charge is 0.497 e. The monoisotopic (exact) mass is 534 g/mol. The number of aromatic nitrogens is 4. The number of amides is 1. The second kappa shape index (κ2) is 11.2. The Bertz CT molecular complexity index is 1450. The van der Waals surface area contributed by atoms with Crippen molar-refractivity contribution >= 4 is 22.9 Å². The number of anilines is 1. The minimum absolute atomic E-state index is 0.269. The molecule has 1 aliphatic heterocycles. The number of nitrogens with one attached hydrogen (secondary N) is 2. The van der Waals surface area contributed by atoms with Crippen LogP contribution in [0.25, 0.3) is 11.2 Å². The van der Waals surface area contributed by atoms with Crippen molar-refractivity contribution in [1.29, 1.82) is 0 Å². The average molecular weight is 535 g/mol. The Morgan fingerprint density at radius 1 is 1.10 bits per heavy atom. The van der Waals surface area contributed by atoms with Gasteiger partial charge in [0.05, 0.1) is 27.2 Å². The molecule has 2 aromatic heterocycles. The molecule has 0 bridgehead atoms. The van der Waals surface area contributed by atoms with E-state index in [4.69, 9.17) is 14.2 Å². The minimum Gasteiger partial charge on any atom is -0.497 e. The summed E-state index contributed by atoms with van der Waals surface area (Å²) in [5.74, 6) is 0.928. The van der Waals surface area contributed by atoms with Crippen molar-refractivity contribution in [3.63, 3.8) is 0 Å². The van der Waals surface area contributed by atoms with Crippen LogP contribution < -0.4 is 20.1 Å². The standard InChI is InChI=1S/C27H30N6O6/c1-15-6-4-5-7-16(15)11-28-24-22-25(30-13-29-24)33(14-31-22)27-21(23(35)20(12-34)39-27)32-26(36)17-8-18(37-2)10-19(9-17)38-3/h4-10,13-14,20-21,23,27,34-35H,11-12H2,1-3H3,(H,32,36)(H,28,29,30)/t20-,21-,23-,27-/m1/s1. The van der Waals surface area contributed by atoms with Gasteiger partial charge in [-0.15, -0.1) is 0 Å². The molecule has 0 aliphatic carbocycles. The van der Waals surface area contributed by atoms with E-state index in [9.17, 15) is 15.0 Å². The minimum atomic E-state index is -1.20. The van der Waals surface area contributed by atoms with Gasteiger partial charge >= 0.3 is 0 Å². The fourth-order valence-corrected chi connectivity index (χ4v) is 4.62. The highest BCUT2D eigenvalue weighted by molar-refractivity contribution is 5.95. The lowest BCUT2D eigenvalue weighted by molar-refractivity contribution is -0.0440. The third-order valence-corrected chi connectivity index (χ3v) is 6.80. The van der Waals surface area contributed by atoms with Crippen LogP contribution in [0.4, 0.5) is 5.82 Å². The number of benzene rings is 2. The Morgan fingerprint density at radius 3 is 2.54 bits per heavy atom. The molecule has 39 heavy (non-hydrogen) atoms. The molecular formula is C27H30N6O6. The van der Waals surface area contributed by atoms with Gasteiger partial charge in [-0.05, 0) is 30.2 Å². The number of carbonyl (C=O) groups is 1. The first-order valence-electron chi connectivity index (χ1n) is 12.4. The predicted molar refractivity (Wildman–Crippen MR) is 142 cm³/mol. The summed E-state index contributed by atoms with van der Waals surface area (Å²) in [4.78, 5) is 26.5. The molecule has 204 valence electrons. The smallest absolute Gasteiger partial charge is 0.252 e. The number of rotatable bonds is 9. The number of fused-ring (bicyclic) bond motifs is 1. The molecule has 1 aliphatic rings. The zero-order valence-electron chi connectivity index (χ0n) is 21.7. The Balaban J connectivity index is 1.43. The zero-order chi connectivity index (χ0) is 27.5. The zero-order valence-corrected chi connectivity index (χ0v) is 21.7. The second-order valence-corrected chi connectivity index (χ2v) is 9.17. The summed E-state index contributed by atoms with van der Waals surface area (Å²) in [5, 5.41) is 26.9. The molecule has 12 nitrogen and oxygen atoms in total. The van der Waals surface area contributed by atoms with Crippen molar-refractivity contribution in [2.24, 2.45) is 0 Å². The highest BCUT2D eigenvalue weighted by Gasteiger charge is 2.46. The van der Waals surface area contributed by atoms with Gasteiger partial charge in [-0.1, -0.05) is 24.3 Å². The molecule has 1 fully saturated rings. The van der Waals surface area contributed by atoms with E-state index in [-0.39, 0.29) is 5.56 Å². The van der Waals surface area contributed by atoms with Crippen LogP contribution in [-0.4, -0.2) is 74.7 Å². The molecule has 2 aromatic carbocycles. The first-order chi connectivity index (χ1) is 18.9. The van der Waals surface area contributed by atoms with E-state index in [0.29, 0.717) is 35.0 Å². The lowest BCUT2D eigenvalue weighted by Crippen LogP contribution is -2.46. The molecule has 4 aromatic rings. The highest BCUT2D eigenvalue weighted by atomic mass is 16.5. The summed E-state index contributed by atoms with van der Waals surface area (Å²) >= 11 is 0. The average Bonchev–Trinajstić information content (AvgIpc) is 3.53. The van der Waals surface area contributed by atoms with Crippen molar-refractivity contribution in [2.45, 2.75) is 37.9 Å². The molecular weight excluding hydrogens is 504 g/mol. The summed E-state index contributed by atoms with van der Waals surface area (Å²) in [6.07, 6.45) is -0.111. The number of ether oxygens (including phenoxy) is 3. The first kappa shape index (κ1) is 26.4. The van der Waals surface area contributed by atoms with Gasteiger partial charge in [-0.2, -0.15) is 0 Å². The number of aliphatic hydroxyl groups is 2. The van der Waals surface area contributed by atoms with Gasteiger partial charge in [-0.25, -0.2) is 15.0 Å². The van der Waals surface area contributed by atoms with E-state index in [1.807, 2.05) is 31.2 Å². The topological polar surface area (TPSA) is 153 Å². The van der Waals surface area contributed by atoms with Crippen LogP contribution in [0.1, 0.15) is 27.7 Å². The molecule has 0 radical (unpaired) electrons. The lowest BCUT2D eigenvalue weighted by atomic mass is 10.1. The van der Waals surface area contributed by atoms with E-state index < -0.39 is 37.0 Å². The third-order valence-electron chi connectivity index (χ3n) is 6.80. The predicted octanol–water partition coefficient (Wildman–Crippen LogP) is 1.81. The van der Waals surface area contributed by atoms with E-state index in [0.717, 1.165) is 11.1 Å². The molecule has 5 rings (SSSR count). The molecule has 3 heterocycles. The number of aryl methyl sites for hydroxylation is 1. The maximum atomic E-state index is 13.2. The van der Waals surface area contributed by atoms with Gasteiger partial charge in [-0.3, -0.25) is 9.36 Å². The quantitative estimate of drug-likeness (QED) is 0.250. The van der Waals surface area contributed by atoms with E-state index in [1.165, 1.54) is 26.9 Å². The summed E-state index contributed by atoms with van der Waals surface area (Å²) in [6.45, 7) is 2.14. The summed E-state index contributed by atoms with van der Waals surface area (Å²) in [5.41, 5.74) is 3.48. The number of aliphatic hydroxyl groups excluding tert-OH is 2. The molecule has 0 unspecified atom stereocenters. The molecule has 0 spiro atoms. The van der Waals surface area contributed by atoms with Crippen molar-refractivity contribution in [2.75, 3.05) is 26.1 Å². The van der Waals surface area contributed by atoms with Crippen LogP contribution in [-0.2, 0) is 11.3 Å². The van der Waals surface area contributed by atoms with Crippen molar-refractivity contribution in [3.8, 4) is 11.5 Å². The molecule has 0 saturated carbocycles. The Kier molecular flexibility index (Phi) is 7.59. The number of methoxy groups -OCH3 is 2. The van der Waals surface area contributed by atoms with Gasteiger partial charge < -0.3 is 35.1 Å². The second-order valence-electron chi connectivity index (χ2n) is 9.17. The number of imidazole rings is 1. The molecule has 12 heteroatoms. The van der Waals surface area contributed by atoms with E-state index >= 15 is 0 Å². The fraction of sp³-hybridized carbons (Fsp3) is 0.333. The maximum Gasteiger partial charge on any atom is 0.252 e. The van der Waals surface area contributed by atoms with Gasteiger partial charge in [0, 0.05) is 18.2 Å². The van der Waals surface area contributed by atoms with Gasteiger partial charge in [0.15, 0.2) is 23.2 Å². The van der Waals surface area contributed by atoms with Crippen molar-refractivity contribution in [3.05, 3.63) is 71.8 Å². The van der Waals surface area contributed by atoms with Crippen LogP contribution in [0.5, 0.6) is 11.5 Å². The van der Waals surface area contributed by atoms with Gasteiger partial charge in [0.1, 0.15) is 36.1 Å². The Morgan fingerprint density at radius 2 is 1.85 bits per heavy atom. The molecule has 1 amide bonds. The fourth-order valence-electron chi connectivity index (χ4n) is 4.62. The van der Waals surface area contributed by atoms with Crippen LogP contribution in [0.15, 0.2) is 55.1 Å². The van der Waals surface area contributed by atoms with Crippen LogP contribution in [0.2, 0.25) is 0 Å². The number of carbonyl (C=O) groups excluding carboxylic acids is 1. The summed E-state index contributed by atoms with van der Waals surface area (Å²) in [7, 11) is 2.98. The molecule has 4 atom stereocenters. The molecule has 4 N–H and O–H groups in total. The van der Waals surface area contributed by atoms with Crippen molar-refractivity contribution in [1.82, 2.24) is 24.8 Å². The lowest BCUT2D eigenvalue weighted by Gasteiger charge is -2.23. The van der Waals surface area contributed by atoms with E-state index in [1.54, 1.807) is 22.8 Å². The van der Waals surface area contributed by atoms with Gasteiger partial charge in [0.2, 0.25) is 0 Å². The first-order valence-corrected chi connectivity index (χ1v) is 12.4. The number of nitrogens with zero attached hydrogens (tertiary/aromatic N) is 4. The maximum absolute atomic E-state index is 13.2. The SMILES string of the molecule is COc1cc(OC)cc(C(=O)N[C@@H]2[C@H](O)[C@@H](CO)O[C@H]2n2cnc3c(NCc4ccccc4C)ncnc32)c1. The number of hydrogen-bond acceptors (Lipinski definition) is 10. The molecule has 1 saturated heterocycles. The number of hydrogen-bond donors (Lipinski definition) is 4. The third kappa shape index (κ3) is 5.21. The van der Waals surface area contributed by atoms with Crippen LogP contribution >= 0.6 is 0 Å². The van der Waals surface area contributed by atoms with Gasteiger partial charge in [0.25, 0.3) is 5.91 Å². The van der Waals surface area contributed by atoms with Crippen LogP contribution in [0, 0.1) is 6.92 Å². The van der Waals surface area contributed by atoms with Crippen LogP contribution in [0.3, 0.4) is 0 Å². The van der Waals surface area contributed by atoms with E-state index in [2.05, 4.69) is 25.6 Å². The Labute approximate surface area is 224 Å². The Hall–Kier alpha value is -4.26. The normalized spacial score (nSPS) is 20.6. The summed E-state index contributed by atoms with van der Waals surface area (Å²) in [6, 6.07) is 11.9. The summed E-state index contributed by atoms with van der Waals surface area (Å²) < 4.78 is 18.1.